The smallest absolute Gasteiger partial charge is 0.174 e. The Hall–Kier alpha value is -1.48. The van der Waals surface area contributed by atoms with Crippen LogP contribution in [0.2, 0.25) is 10.0 Å². The maximum absolute atomic E-state index is 6.17. The van der Waals surface area contributed by atoms with Crippen LogP contribution in [0, 0.1) is 3.57 Å². The Morgan fingerprint density at radius 2 is 1.80 bits per heavy atom. The van der Waals surface area contributed by atoms with Crippen molar-refractivity contribution >= 4 is 67.9 Å². The molecule has 0 saturated heterocycles. The molecule has 0 aliphatic carbocycles. The first kappa shape index (κ1) is 23.2. The monoisotopic (exact) mass is 618 g/mol. The van der Waals surface area contributed by atoms with E-state index >= 15 is 0 Å². The first-order valence-electron chi connectivity index (χ1n) is 8.91. The highest BCUT2D eigenvalue weighted by molar-refractivity contribution is 14.1. The van der Waals surface area contributed by atoms with Gasteiger partial charge >= 0.3 is 0 Å². The summed E-state index contributed by atoms with van der Waals surface area (Å²) < 4.78 is 13.5. The van der Waals surface area contributed by atoms with Crippen LogP contribution in [0.3, 0.4) is 0 Å². The van der Waals surface area contributed by atoms with Crippen molar-refractivity contribution in [2.75, 3.05) is 7.11 Å². The fraction of sp³-hybridized carbons (Fsp3) is 0.136. The van der Waals surface area contributed by atoms with E-state index in [1.165, 1.54) is 0 Å². The van der Waals surface area contributed by atoms with Gasteiger partial charge in [0.1, 0.15) is 6.61 Å². The lowest BCUT2D eigenvalue weighted by molar-refractivity contribution is 0.282. The summed E-state index contributed by atoms with van der Waals surface area (Å²) >= 11 is 18.0. The molecule has 0 atom stereocenters. The van der Waals surface area contributed by atoms with Crippen molar-refractivity contribution in [2.24, 2.45) is 5.10 Å². The normalized spacial score (nSPS) is 11.0. The molecule has 0 fully saturated rings. The molecular formula is C22H18BrCl2IN2O2. The van der Waals surface area contributed by atoms with Crippen LogP contribution >= 0.6 is 61.7 Å². The van der Waals surface area contributed by atoms with Gasteiger partial charge in [-0.15, -0.1) is 0 Å². The number of methoxy groups -OCH3 is 1. The average Bonchev–Trinajstić information content (AvgIpc) is 2.73. The van der Waals surface area contributed by atoms with Crippen molar-refractivity contribution in [3.8, 4) is 11.5 Å². The number of halogens is 4. The molecule has 0 unspecified atom stereocenters. The maximum Gasteiger partial charge on any atom is 0.174 e. The van der Waals surface area contributed by atoms with Crippen LogP contribution in [0.4, 0.5) is 0 Å². The largest absolute Gasteiger partial charge is 0.493 e. The molecule has 0 aliphatic heterocycles. The third-order valence-electron chi connectivity index (χ3n) is 4.17. The zero-order valence-electron chi connectivity index (χ0n) is 16.0. The van der Waals surface area contributed by atoms with E-state index in [2.05, 4.69) is 49.0 Å². The lowest BCUT2D eigenvalue weighted by atomic mass is 10.2. The Bertz CT molecular complexity index is 1030. The lowest BCUT2D eigenvalue weighted by Crippen LogP contribution is -2.07. The molecule has 0 bridgehead atoms. The molecule has 0 heterocycles. The molecule has 156 valence electrons. The predicted octanol–water partition coefficient (Wildman–Crippen LogP) is 7.07. The van der Waals surface area contributed by atoms with Crippen molar-refractivity contribution in [2.45, 2.75) is 13.2 Å². The molecule has 4 nitrogen and oxygen atoms in total. The van der Waals surface area contributed by atoms with Gasteiger partial charge in [-0.2, -0.15) is 5.10 Å². The van der Waals surface area contributed by atoms with Crippen molar-refractivity contribution in [1.29, 1.82) is 0 Å². The Labute approximate surface area is 207 Å². The Morgan fingerprint density at radius 3 is 2.47 bits per heavy atom. The van der Waals surface area contributed by atoms with E-state index in [1.807, 2.05) is 42.5 Å². The minimum Gasteiger partial charge on any atom is -0.493 e. The molecule has 0 aromatic heterocycles. The number of nitrogens with one attached hydrogen (secondary N) is 1. The summed E-state index contributed by atoms with van der Waals surface area (Å²) in [5, 5.41) is 5.48. The van der Waals surface area contributed by atoms with Crippen molar-refractivity contribution in [1.82, 2.24) is 5.43 Å². The van der Waals surface area contributed by atoms with E-state index in [4.69, 9.17) is 32.7 Å². The first-order chi connectivity index (χ1) is 14.5. The van der Waals surface area contributed by atoms with E-state index in [9.17, 15) is 0 Å². The Morgan fingerprint density at radius 1 is 1.10 bits per heavy atom. The third kappa shape index (κ3) is 6.26. The zero-order chi connectivity index (χ0) is 21.5. The van der Waals surface area contributed by atoms with Crippen LogP contribution in [0.25, 0.3) is 0 Å². The van der Waals surface area contributed by atoms with Crippen molar-refractivity contribution < 1.29 is 9.47 Å². The number of hydrogen-bond donors (Lipinski definition) is 1. The van der Waals surface area contributed by atoms with Crippen molar-refractivity contribution in [3.05, 3.63) is 89.4 Å². The molecule has 8 heteroatoms. The molecule has 0 aliphatic rings. The average molecular weight is 620 g/mol. The van der Waals surface area contributed by atoms with E-state index in [1.54, 1.807) is 25.5 Å². The maximum atomic E-state index is 6.17. The molecule has 30 heavy (non-hydrogen) atoms. The zero-order valence-corrected chi connectivity index (χ0v) is 21.2. The number of hydrogen-bond acceptors (Lipinski definition) is 4. The topological polar surface area (TPSA) is 42.8 Å². The van der Waals surface area contributed by atoms with E-state index in [-0.39, 0.29) is 0 Å². The first-order valence-corrected chi connectivity index (χ1v) is 11.5. The standard InChI is InChI=1S/C22H18BrCl2IN2O2/c1-29-21-10-15(11-27-28-12-17-18(24)3-2-4-19(17)25)9-20(26)22(21)30-13-14-5-7-16(23)8-6-14/h2-11,28H,12-13H2,1H3/b27-11+. The van der Waals surface area contributed by atoms with Crippen molar-refractivity contribution in [3.63, 3.8) is 0 Å². The minimum absolute atomic E-state index is 0.428. The summed E-state index contributed by atoms with van der Waals surface area (Å²) in [7, 11) is 1.62. The summed E-state index contributed by atoms with van der Waals surface area (Å²) in [5.41, 5.74) is 5.74. The van der Waals surface area contributed by atoms with Gasteiger partial charge in [0.2, 0.25) is 0 Å². The van der Waals surface area contributed by atoms with Gasteiger partial charge < -0.3 is 14.9 Å². The fourth-order valence-electron chi connectivity index (χ4n) is 2.64. The molecule has 3 aromatic carbocycles. The van der Waals surface area contributed by atoms with Crippen LogP contribution in [0.1, 0.15) is 16.7 Å². The summed E-state index contributed by atoms with van der Waals surface area (Å²) in [6.07, 6.45) is 1.72. The second kappa shape index (κ2) is 11.2. The Balaban J connectivity index is 1.67. The van der Waals surface area contributed by atoms with Gasteiger partial charge in [0.25, 0.3) is 0 Å². The molecule has 0 spiro atoms. The van der Waals surface area contributed by atoms with Crippen LogP contribution in [0.15, 0.2) is 64.2 Å². The molecule has 3 aromatic rings. The van der Waals surface area contributed by atoms with Gasteiger partial charge in [-0.3, -0.25) is 0 Å². The summed E-state index contributed by atoms with van der Waals surface area (Å²) in [4.78, 5) is 0. The predicted molar refractivity (Wildman–Crippen MR) is 135 cm³/mol. The molecule has 0 amide bonds. The SMILES string of the molecule is COc1cc(/C=N/NCc2c(Cl)cccc2Cl)cc(I)c1OCc1ccc(Br)cc1. The van der Waals surface area contributed by atoms with Crippen LogP contribution in [0.5, 0.6) is 11.5 Å². The van der Waals surface area contributed by atoms with Gasteiger partial charge in [-0.25, -0.2) is 0 Å². The molecular weight excluding hydrogens is 602 g/mol. The fourth-order valence-corrected chi connectivity index (χ4v) is 4.21. The molecule has 0 saturated carbocycles. The van der Waals surface area contributed by atoms with Crippen LogP contribution in [-0.4, -0.2) is 13.3 Å². The van der Waals surface area contributed by atoms with E-state index < -0.39 is 0 Å². The molecule has 0 radical (unpaired) electrons. The van der Waals surface area contributed by atoms with E-state index in [0.29, 0.717) is 34.7 Å². The minimum atomic E-state index is 0.428. The van der Waals surface area contributed by atoms with E-state index in [0.717, 1.165) is 24.7 Å². The summed E-state index contributed by atoms with van der Waals surface area (Å²) in [6.45, 7) is 0.880. The third-order valence-corrected chi connectivity index (χ3v) is 6.21. The molecule has 3 rings (SSSR count). The van der Waals surface area contributed by atoms with Gasteiger partial charge in [0, 0.05) is 20.1 Å². The lowest BCUT2D eigenvalue weighted by Gasteiger charge is -2.13. The number of ether oxygens (including phenoxy) is 2. The quantitative estimate of drug-likeness (QED) is 0.167. The second-order valence-electron chi connectivity index (χ2n) is 6.24. The number of nitrogens with zero attached hydrogens (tertiary/aromatic N) is 1. The van der Waals surface area contributed by atoms with Gasteiger partial charge in [-0.1, -0.05) is 57.3 Å². The summed E-state index contributed by atoms with van der Waals surface area (Å²) in [6, 6.07) is 17.3. The number of rotatable bonds is 8. The summed E-state index contributed by atoms with van der Waals surface area (Å²) in [5.74, 6) is 1.35. The van der Waals surface area contributed by atoms with Crippen LogP contribution < -0.4 is 14.9 Å². The van der Waals surface area contributed by atoms with Gasteiger partial charge in [-0.05, 0) is 70.1 Å². The molecule has 1 N–H and O–H groups in total. The highest BCUT2D eigenvalue weighted by Gasteiger charge is 2.12. The number of hydrazone groups is 1. The van der Waals surface area contributed by atoms with Crippen LogP contribution in [-0.2, 0) is 13.2 Å². The Kier molecular flexibility index (Phi) is 8.68. The highest BCUT2D eigenvalue weighted by Crippen LogP contribution is 2.34. The number of benzene rings is 3. The van der Waals surface area contributed by atoms with Gasteiger partial charge in [0.15, 0.2) is 11.5 Å². The van der Waals surface area contributed by atoms with Gasteiger partial charge in [0.05, 0.1) is 23.4 Å². The highest BCUT2D eigenvalue weighted by atomic mass is 127. The second-order valence-corrected chi connectivity index (χ2v) is 9.13.